The first-order valence-corrected chi connectivity index (χ1v) is 17.8. The van der Waals surface area contributed by atoms with Crippen LogP contribution in [0.25, 0.3) is 17.3 Å². The molecule has 0 spiro atoms. The van der Waals surface area contributed by atoms with Gasteiger partial charge < -0.3 is 20.7 Å². The Hall–Kier alpha value is -5.97. The molecular formula is C41H34N4O4S2. The van der Waals surface area contributed by atoms with Crippen molar-refractivity contribution in [1.82, 2.24) is 10.3 Å². The van der Waals surface area contributed by atoms with Crippen LogP contribution in [0.1, 0.15) is 32.3 Å². The second-order valence-corrected chi connectivity index (χ2v) is 13.4. The van der Waals surface area contributed by atoms with Crippen molar-refractivity contribution in [3.8, 4) is 17.0 Å². The number of carbonyl (C=O) groups excluding carboxylic acids is 3. The van der Waals surface area contributed by atoms with Gasteiger partial charge in [-0.1, -0.05) is 96.6 Å². The molecule has 0 bridgehead atoms. The second kappa shape index (κ2) is 16.6. The van der Waals surface area contributed by atoms with Crippen LogP contribution in [0.5, 0.6) is 5.75 Å². The summed E-state index contributed by atoms with van der Waals surface area (Å²) < 4.78 is 5.49. The highest BCUT2D eigenvalue weighted by Gasteiger charge is 2.24. The van der Waals surface area contributed by atoms with Crippen LogP contribution in [0, 0.1) is 6.92 Å². The average Bonchev–Trinajstić information content (AvgIpc) is 3.62. The fourth-order valence-electron chi connectivity index (χ4n) is 5.23. The van der Waals surface area contributed by atoms with Crippen LogP contribution >= 0.6 is 23.1 Å². The topological polar surface area (TPSA) is 109 Å². The summed E-state index contributed by atoms with van der Waals surface area (Å²) in [6, 6.07) is 40.7. The van der Waals surface area contributed by atoms with Gasteiger partial charge in [0.05, 0.1) is 12.8 Å². The number of hydrogen-bond donors (Lipinski definition) is 3. The number of amides is 3. The minimum atomic E-state index is -0.627. The van der Waals surface area contributed by atoms with E-state index < -0.39 is 17.1 Å². The predicted molar refractivity (Wildman–Crippen MR) is 206 cm³/mol. The van der Waals surface area contributed by atoms with Crippen LogP contribution in [-0.2, 0) is 9.59 Å². The molecule has 10 heteroatoms. The number of anilines is 2. The Kier molecular flexibility index (Phi) is 11.4. The number of methoxy groups -OCH3 is 1. The summed E-state index contributed by atoms with van der Waals surface area (Å²) in [5.41, 5.74) is 5.15. The van der Waals surface area contributed by atoms with Crippen molar-refractivity contribution in [2.75, 3.05) is 17.7 Å². The van der Waals surface area contributed by atoms with E-state index >= 15 is 0 Å². The van der Waals surface area contributed by atoms with Gasteiger partial charge in [0.2, 0.25) is 5.91 Å². The van der Waals surface area contributed by atoms with E-state index in [9.17, 15) is 14.4 Å². The molecule has 1 atom stereocenters. The fourth-order valence-corrected chi connectivity index (χ4v) is 7.03. The molecule has 6 aromatic rings. The smallest absolute Gasteiger partial charge is 0.272 e. The summed E-state index contributed by atoms with van der Waals surface area (Å²) >= 11 is 2.69. The molecule has 3 N–H and O–H groups in total. The number of aromatic nitrogens is 1. The van der Waals surface area contributed by atoms with Gasteiger partial charge in [0.1, 0.15) is 16.7 Å². The Labute approximate surface area is 304 Å². The molecule has 0 aliphatic carbocycles. The van der Waals surface area contributed by atoms with Crippen molar-refractivity contribution >= 4 is 57.7 Å². The van der Waals surface area contributed by atoms with Gasteiger partial charge in [-0.15, -0.1) is 23.1 Å². The second-order valence-electron chi connectivity index (χ2n) is 11.4. The lowest BCUT2D eigenvalue weighted by molar-refractivity contribution is -0.116. The SMILES string of the molecule is COc1ccccc1-c1csc(NC(=O)C(Sc2cccc(NC(=O)/C(=C\c3cccc(C)c3)NC(=O)c3ccccc3)c2)c2ccccc2)n1. The van der Waals surface area contributed by atoms with Gasteiger partial charge in [0, 0.05) is 27.1 Å². The third kappa shape index (κ3) is 9.18. The lowest BCUT2D eigenvalue weighted by Crippen LogP contribution is -2.30. The van der Waals surface area contributed by atoms with E-state index in [1.54, 1.807) is 49.6 Å². The number of hydrogen-bond acceptors (Lipinski definition) is 7. The standard InChI is InChI=1S/C41H34N4O4S2/c1-27-13-11-14-28(23-27)24-34(43-38(46)30-17-7-4-8-18-30)39(47)42-31-19-12-20-32(25-31)51-37(29-15-5-3-6-16-29)40(48)45-41-44-35(26-50-41)33-21-9-10-22-36(33)49-2/h3-26,37H,1-2H3,(H,42,47)(H,43,46)(H,44,45,48)/b34-24+. The zero-order chi connectivity index (χ0) is 35.6. The highest BCUT2D eigenvalue weighted by atomic mass is 32.2. The first-order chi connectivity index (χ1) is 24.9. The van der Waals surface area contributed by atoms with Gasteiger partial charge >= 0.3 is 0 Å². The van der Waals surface area contributed by atoms with E-state index in [0.717, 1.165) is 27.1 Å². The minimum absolute atomic E-state index is 0.0880. The number of thioether (sulfide) groups is 1. The molecule has 254 valence electrons. The van der Waals surface area contributed by atoms with E-state index in [0.29, 0.717) is 27.8 Å². The zero-order valence-electron chi connectivity index (χ0n) is 27.8. The van der Waals surface area contributed by atoms with E-state index in [1.807, 2.05) is 109 Å². The van der Waals surface area contributed by atoms with Crippen LogP contribution in [0.3, 0.4) is 0 Å². The van der Waals surface area contributed by atoms with Crippen LogP contribution in [0.2, 0.25) is 0 Å². The van der Waals surface area contributed by atoms with Crippen LogP contribution in [-0.4, -0.2) is 29.8 Å². The van der Waals surface area contributed by atoms with Crippen LogP contribution in [0.15, 0.2) is 149 Å². The van der Waals surface area contributed by atoms with Crippen molar-refractivity contribution in [2.45, 2.75) is 17.1 Å². The lowest BCUT2D eigenvalue weighted by Gasteiger charge is -2.17. The molecule has 1 unspecified atom stereocenters. The largest absolute Gasteiger partial charge is 0.496 e. The molecule has 0 aliphatic heterocycles. The first-order valence-electron chi connectivity index (χ1n) is 16.0. The van der Waals surface area contributed by atoms with E-state index in [-0.39, 0.29) is 11.6 Å². The number of thiazole rings is 1. The van der Waals surface area contributed by atoms with Gasteiger partial charge in [-0.05, 0) is 66.6 Å². The van der Waals surface area contributed by atoms with Gasteiger partial charge in [-0.3, -0.25) is 14.4 Å². The van der Waals surface area contributed by atoms with E-state index in [1.165, 1.54) is 23.1 Å². The summed E-state index contributed by atoms with van der Waals surface area (Å²) in [4.78, 5) is 46.1. The van der Waals surface area contributed by atoms with Gasteiger partial charge in [-0.2, -0.15) is 0 Å². The maximum absolute atomic E-state index is 13.8. The number of nitrogens with zero attached hydrogens (tertiary/aromatic N) is 1. The summed E-state index contributed by atoms with van der Waals surface area (Å²) in [6.07, 6.45) is 1.65. The highest BCUT2D eigenvalue weighted by molar-refractivity contribution is 8.00. The molecule has 0 saturated carbocycles. The predicted octanol–water partition coefficient (Wildman–Crippen LogP) is 9.01. The van der Waals surface area contributed by atoms with Gasteiger partial charge in [0.15, 0.2) is 5.13 Å². The molecule has 6 rings (SSSR count). The Bertz CT molecular complexity index is 2180. The Morgan fingerprint density at radius 2 is 1.53 bits per heavy atom. The minimum Gasteiger partial charge on any atom is -0.496 e. The number of benzene rings is 5. The molecule has 0 saturated heterocycles. The van der Waals surface area contributed by atoms with E-state index in [4.69, 9.17) is 4.74 Å². The van der Waals surface area contributed by atoms with Crippen molar-refractivity contribution < 1.29 is 19.1 Å². The van der Waals surface area contributed by atoms with Crippen molar-refractivity contribution in [1.29, 1.82) is 0 Å². The monoisotopic (exact) mass is 710 g/mol. The molecule has 5 aromatic carbocycles. The average molecular weight is 711 g/mol. The molecule has 8 nitrogen and oxygen atoms in total. The molecule has 1 aromatic heterocycles. The number of para-hydroxylation sites is 1. The molecular weight excluding hydrogens is 677 g/mol. The lowest BCUT2D eigenvalue weighted by atomic mass is 10.1. The molecule has 0 aliphatic rings. The number of ether oxygens (including phenoxy) is 1. The molecule has 1 heterocycles. The molecule has 0 radical (unpaired) electrons. The maximum atomic E-state index is 13.8. The Morgan fingerprint density at radius 3 is 2.29 bits per heavy atom. The maximum Gasteiger partial charge on any atom is 0.272 e. The first kappa shape index (κ1) is 34.9. The summed E-state index contributed by atoms with van der Waals surface area (Å²) in [5.74, 6) is -0.439. The number of carbonyl (C=O) groups is 3. The third-order valence-corrected chi connectivity index (χ3v) is 9.69. The Balaban J connectivity index is 1.21. The van der Waals surface area contributed by atoms with Gasteiger partial charge in [-0.25, -0.2) is 4.98 Å². The Morgan fingerprint density at radius 1 is 0.804 bits per heavy atom. The number of rotatable bonds is 12. The van der Waals surface area contributed by atoms with Gasteiger partial charge in [0.25, 0.3) is 11.8 Å². The van der Waals surface area contributed by atoms with Crippen molar-refractivity contribution in [2.24, 2.45) is 0 Å². The normalized spacial score (nSPS) is 11.7. The molecule has 51 heavy (non-hydrogen) atoms. The third-order valence-electron chi connectivity index (χ3n) is 7.69. The summed E-state index contributed by atoms with van der Waals surface area (Å²) in [5, 5.41) is 10.4. The van der Waals surface area contributed by atoms with E-state index in [2.05, 4.69) is 20.9 Å². The molecule has 3 amide bonds. The number of nitrogens with one attached hydrogen (secondary N) is 3. The van der Waals surface area contributed by atoms with Crippen LogP contribution < -0.4 is 20.7 Å². The summed E-state index contributed by atoms with van der Waals surface area (Å²) in [7, 11) is 1.61. The highest BCUT2D eigenvalue weighted by Crippen LogP contribution is 2.38. The van der Waals surface area contributed by atoms with Crippen molar-refractivity contribution in [3.63, 3.8) is 0 Å². The van der Waals surface area contributed by atoms with Crippen molar-refractivity contribution in [3.05, 3.63) is 167 Å². The summed E-state index contributed by atoms with van der Waals surface area (Å²) in [6.45, 7) is 1.96. The fraction of sp³-hybridized carbons (Fsp3) is 0.0732. The number of aryl methyl sites for hydroxylation is 1. The quantitative estimate of drug-likeness (QED) is 0.0864. The molecule has 0 fully saturated rings. The van der Waals surface area contributed by atoms with Crippen LogP contribution in [0.4, 0.5) is 10.8 Å². The zero-order valence-corrected chi connectivity index (χ0v) is 29.5.